The van der Waals surface area contributed by atoms with Crippen LogP contribution in [0.5, 0.6) is 0 Å². The zero-order chi connectivity index (χ0) is 18.0. The fourth-order valence-corrected chi connectivity index (χ4v) is 4.27. The number of amides is 2. The van der Waals surface area contributed by atoms with Crippen molar-refractivity contribution in [1.29, 1.82) is 0 Å². The summed E-state index contributed by atoms with van der Waals surface area (Å²) in [4.78, 5) is 22.9. The molecule has 3 rings (SSSR count). The van der Waals surface area contributed by atoms with Crippen LogP contribution in [0.2, 0.25) is 0 Å². The molecule has 0 aromatic heterocycles. The summed E-state index contributed by atoms with van der Waals surface area (Å²) in [6.07, 6.45) is 1.25. The highest BCUT2D eigenvalue weighted by molar-refractivity contribution is 7.86. The number of carbonyl (C=O) groups excluding carboxylic acids is 2. The molecule has 1 aromatic rings. The topological polar surface area (TPSA) is 104 Å². The Balaban J connectivity index is 1.85. The van der Waals surface area contributed by atoms with Crippen molar-refractivity contribution in [3.8, 4) is 0 Å². The first-order valence-electron chi connectivity index (χ1n) is 8.20. The van der Waals surface area contributed by atoms with Crippen LogP contribution in [0, 0.1) is 0 Å². The molecule has 2 amide bonds. The van der Waals surface area contributed by atoms with Crippen LogP contribution >= 0.6 is 0 Å². The maximum Gasteiger partial charge on any atom is 0.332 e. The van der Waals surface area contributed by atoms with Gasteiger partial charge >= 0.3 is 10.2 Å². The minimum atomic E-state index is -4.83. The highest BCUT2D eigenvalue weighted by Crippen LogP contribution is 2.32. The van der Waals surface area contributed by atoms with E-state index < -0.39 is 16.3 Å². The van der Waals surface area contributed by atoms with Gasteiger partial charge in [-0.2, -0.15) is 8.42 Å². The van der Waals surface area contributed by atoms with E-state index in [4.69, 9.17) is 0 Å². The Morgan fingerprint density at radius 3 is 2.64 bits per heavy atom. The van der Waals surface area contributed by atoms with Crippen LogP contribution in [0.4, 0.5) is 3.89 Å². The van der Waals surface area contributed by atoms with Crippen LogP contribution in [0.3, 0.4) is 0 Å². The molecular formula is C16H20FN3O4S. The molecule has 2 aliphatic rings. The predicted molar refractivity (Wildman–Crippen MR) is 88.1 cm³/mol. The van der Waals surface area contributed by atoms with Crippen LogP contribution < -0.4 is 16.0 Å². The molecule has 2 aliphatic heterocycles. The number of rotatable bonds is 4. The molecule has 2 heterocycles. The molecule has 0 bridgehead atoms. The van der Waals surface area contributed by atoms with Gasteiger partial charge in [-0.3, -0.25) is 14.9 Å². The van der Waals surface area contributed by atoms with E-state index in [1.807, 2.05) is 0 Å². The average molecular weight is 369 g/mol. The van der Waals surface area contributed by atoms with Gasteiger partial charge in [-0.15, -0.1) is 3.89 Å². The standard InChI is InChI=1S/C16H20FN3O4S/c17-25(23,24)14-4-2-1-3-11(14)10-7-8-18-9-13(10)19-12-5-6-15(21)20-16(12)22/h1-4,10,12-13,18-19H,5-9H2,(H,20,21,22). The van der Waals surface area contributed by atoms with Crippen molar-refractivity contribution in [3.05, 3.63) is 29.8 Å². The summed E-state index contributed by atoms with van der Waals surface area (Å²) in [5.41, 5.74) is 0.413. The zero-order valence-corrected chi connectivity index (χ0v) is 14.3. The first-order chi connectivity index (χ1) is 11.9. The number of halogens is 1. The van der Waals surface area contributed by atoms with Gasteiger partial charge in [0.25, 0.3) is 0 Å². The fraction of sp³-hybridized carbons (Fsp3) is 0.500. The van der Waals surface area contributed by atoms with Gasteiger partial charge in [0.05, 0.1) is 6.04 Å². The summed E-state index contributed by atoms with van der Waals surface area (Å²) >= 11 is 0. The molecular weight excluding hydrogens is 349 g/mol. The maximum atomic E-state index is 13.7. The van der Waals surface area contributed by atoms with Crippen molar-refractivity contribution in [3.63, 3.8) is 0 Å². The summed E-state index contributed by atoms with van der Waals surface area (Å²) in [7, 11) is -4.83. The molecule has 3 atom stereocenters. The smallest absolute Gasteiger partial charge is 0.315 e. The summed E-state index contributed by atoms with van der Waals surface area (Å²) in [6.45, 7) is 1.18. The van der Waals surface area contributed by atoms with Gasteiger partial charge in [-0.1, -0.05) is 18.2 Å². The first-order valence-corrected chi connectivity index (χ1v) is 9.58. The summed E-state index contributed by atoms with van der Waals surface area (Å²) in [5, 5.41) is 8.71. The predicted octanol–water partition coefficient (Wildman–Crippen LogP) is 0.185. The Hall–Kier alpha value is -1.84. The second-order valence-electron chi connectivity index (χ2n) is 6.35. The lowest BCUT2D eigenvalue weighted by atomic mass is 9.85. The zero-order valence-electron chi connectivity index (χ0n) is 13.5. The molecule has 0 aliphatic carbocycles. The van der Waals surface area contributed by atoms with Crippen LogP contribution in [0.15, 0.2) is 29.2 Å². The summed E-state index contributed by atoms with van der Waals surface area (Å²) in [6, 6.07) is 5.26. The van der Waals surface area contributed by atoms with Crippen LogP contribution in [0.25, 0.3) is 0 Å². The number of benzene rings is 1. The Bertz CT molecular complexity index is 783. The average Bonchev–Trinajstić information content (AvgIpc) is 2.57. The summed E-state index contributed by atoms with van der Waals surface area (Å²) in [5.74, 6) is -0.935. The first kappa shape index (κ1) is 18.0. The van der Waals surface area contributed by atoms with Crippen molar-refractivity contribution < 1.29 is 21.9 Å². The normalized spacial score (nSPS) is 27.8. The van der Waals surface area contributed by atoms with Crippen molar-refractivity contribution in [1.82, 2.24) is 16.0 Å². The lowest BCUT2D eigenvalue weighted by molar-refractivity contribution is -0.134. The van der Waals surface area contributed by atoms with Crippen molar-refractivity contribution in [2.24, 2.45) is 0 Å². The van der Waals surface area contributed by atoms with Crippen LogP contribution in [-0.2, 0) is 19.8 Å². The number of piperidine rings is 2. The second-order valence-corrected chi connectivity index (χ2v) is 7.67. The third kappa shape index (κ3) is 4.05. The van der Waals surface area contributed by atoms with E-state index in [1.54, 1.807) is 12.1 Å². The molecule has 25 heavy (non-hydrogen) atoms. The highest BCUT2D eigenvalue weighted by Gasteiger charge is 2.35. The molecule has 0 radical (unpaired) electrons. The molecule has 0 saturated carbocycles. The third-order valence-corrected chi connectivity index (χ3v) is 5.61. The van der Waals surface area contributed by atoms with E-state index in [2.05, 4.69) is 16.0 Å². The molecule has 7 nitrogen and oxygen atoms in total. The Morgan fingerprint density at radius 1 is 1.16 bits per heavy atom. The monoisotopic (exact) mass is 369 g/mol. The molecule has 3 unspecified atom stereocenters. The largest absolute Gasteiger partial charge is 0.332 e. The number of hydrogen-bond donors (Lipinski definition) is 3. The van der Waals surface area contributed by atoms with Gasteiger partial charge in [0.15, 0.2) is 0 Å². The van der Waals surface area contributed by atoms with E-state index in [1.165, 1.54) is 12.1 Å². The Morgan fingerprint density at radius 2 is 1.92 bits per heavy atom. The van der Waals surface area contributed by atoms with Gasteiger partial charge in [-0.05, 0) is 31.0 Å². The minimum absolute atomic E-state index is 0.249. The highest BCUT2D eigenvalue weighted by atomic mass is 32.3. The minimum Gasteiger partial charge on any atom is -0.315 e. The van der Waals surface area contributed by atoms with Crippen molar-refractivity contribution >= 4 is 22.0 Å². The molecule has 136 valence electrons. The molecule has 3 N–H and O–H groups in total. The number of hydrogen-bond acceptors (Lipinski definition) is 6. The number of imide groups is 1. The van der Waals surface area contributed by atoms with Gasteiger partial charge in [-0.25, -0.2) is 0 Å². The van der Waals surface area contributed by atoms with E-state index in [-0.39, 0.29) is 35.1 Å². The van der Waals surface area contributed by atoms with Crippen molar-refractivity contribution in [2.75, 3.05) is 13.1 Å². The lowest BCUT2D eigenvalue weighted by Crippen LogP contribution is -2.58. The van der Waals surface area contributed by atoms with E-state index >= 15 is 0 Å². The van der Waals surface area contributed by atoms with Crippen molar-refractivity contribution in [2.45, 2.75) is 42.2 Å². The number of carbonyl (C=O) groups is 2. The number of nitrogens with one attached hydrogen (secondary N) is 3. The van der Waals surface area contributed by atoms with Gasteiger partial charge < -0.3 is 10.6 Å². The fourth-order valence-electron chi connectivity index (χ4n) is 3.53. The molecule has 0 spiro atoms. The van der Waals surface area contributed by atoms with E-state index in [0.717, 1.165) is 0 Å². The molecule has 1 aromatic carbocycles. The molecule has 2 saturated heterocycles. The van der Waals surface area contributed by atoms with Gasteiger partial charge in [0.1, 0.15) is 4.90 Å². The Kier molecular flexibility index (Phi) is 5.16. The molecule has 2 fully saturated rings. The third-order valence-electron chi connectivity index (χ3n) is 4.72. The second kappa shape index (κ2) is 7.19. The summed E-state index contributed by atoms with van der Waals surface area (Å²) < 4.78 is 36.6. The SMILES string of the molecule is O=C1CCC(NC2CNCCC2c2ccccc2S(=O)(=O)F)C(=O)N1. The van der Waals surface area contributed by atoms with E-state index in [0.29, 0.717) is 31.5 Å². The van der Waals surface area contributed by atoms with Gasteiger partial charge in [0.2, 0.25) is 11.8 Å². The van der Waals surface area contributed by atoms with Crippen LogP contribution in [0.1, 0.15) is 30.7 Å². The lowest BCUT2D eigenvalue weighted by Gasteiger charge is -2.36. The Labute approximate surface area is 145 Å². The van der Waals surface area contributed by atoms with Crippen LogP contribution in [-0.4, -0.2) is 45.4 Å². The van der Waals surface area contributed by atoms with Gasteiger partial charge in [0, 0.05) is 24.9 Å². The van der Waals surface area contributed by atoms with E-state index in [9.17, 15) is 21.9 Å². The maximum absolute atomic E-state index is 13.7. The quantitative estimate of drug-likeness (QED) is 0.517. The molecule has 9 heteroatoms.